The normalized spacial score (nSPS) is 17.1. The maximum Gasteiger partial charge on any atom is 0.104 e. The zero-order valence-corrected chi connectivity index (χ0v) is 9.37. The van der Waals surface area contributed by atoms with Crippen LogP contribution in [-0.2, 0) is 0 Å². The molecule has 0 amide bonds. The molecule has 0 bridgehead atoms. The van der Waals surface area contributed by atoms with Crippen molar-refractivity contribution >= 4 is 34.2 Å². The predicted octanol–water partition coefficient (Wildman–Crippen LogP) is 4.01. The molecule has 0 aromatic heterocycles. The van der Waals surface area contributed by atoms with Crippen molar-refractivity contribution < 1.29 is 0 Å². The Morgan fingerprint density at radius 2 is 1.94 bits per heavy atom. The van der Waals surface area contributed by atoms with Crippen LogP contribution in [0.5, 0.6) is 0 Å². The van der Waals surface area contributed by atoms with Crippen LogP contribution in [0, 0.1) is 0 Å². The molecule has 2 heteroatoms. The number of isothiocyanates is 1. The highest BCUT2D eigenvalue weighted by atomic mass is 32.1. The monoisotopic (exact) mass is 223 g/mol. The first-order valence-corrected chi connectivity index (χ1v) is 5.58. The average molecular weight is 223 g/mol. The standard InChI is InChI=1S/C14H9NS/c16-9-15-13-8-7-11-4-1-3-10-5-2-6-12(13)14(10)11/h1-8,13H. The lowest BCUT2D eigenvalue weighted by molar-refractivity contribution is 0.932. The third kappa shape index (κ3) is 1.32. The molecular weight excluding hydrogens is 214 g/mol. The summed E-state index contributed by atoms with van der Waals surface area (Å²) < 4.78 is 0. The summed E-state index contributed by atoms with van der Waals surface area (Å²) in [6, 6.07) is 12.6. The highest BCUT2D eigenvalue weighted by molar-refractivity contribution is 7.78. The molecule has 0 saturated carbocycles. The minimum Gasteiger partial charge on any atom is -0.220 e. The van der Waals surface area contributed by atoms with Gasteiger partial charge in [-0.15, -0.1) is 0 Å². The van der Waals surface area contributed by atoms with E-state index in [-0.39, 0.29) is 6.04 Å². The Morgan fingerprint density at radius 3 is 2.75 bits per heavy atom. The highest BCUT2D eigenvalue weighted by Crippen LogP contribution is 2.34. The third-order valence-corrected chi connectivity index (χ3v) is 3.04. The van der Waals surface area contributed by atoms with E-state index in [2.05, 4.69) is 70.9 Å². The van der Waals surface area contributed by atoms with E-state index in [1.54, 1.807) is 0 Å². The van der Waals surface area contributed by atoms with Gasteiger partial charge in [-0.25, -0.2) is 4.99 Å². The number of hydrogen-bond acceptors (Lipinski definition) is 2. The summed E-state index contributed by atoms with van der Waals surface area (Å²) in [7, 11) is 0. The van der Waals surface area contributed by atoms with Crippen LogP contribution in [0.3, 0.4) is 0 Å². The van der Waals surface area contributed by atoms with Gasteiger partial charge in [-0.2, -0.15) is 0 Å². The molecule has 0 radical (unpaired) electrons. The van der Waals surface area contributed by atoms with Gasteiger partial charge in [-0.05, 0) is 34.1 Å². The zero-order valence-electron chi connectivity index (χ0n) is 8.55. The SMILES string of the molecule is S=C=NC1C=Cc2cccc3cccc1c23. The van der Waals surface area contributed by atoms with Crippen molar-refractivity contribution in [2.45, 2.75) is 6.04 Å². The largest absolute Gasteiger partial charge is 0.220 e. The van der Waals surface area contributed by atoms with Crippen molar-refractivity contribution in [2.75, 3.05) is 0 Å². The fourth-order valence-electron chi connectivity index (χ4n) is 2.25. The number of aliphatic imine (C=N–C) groups is 1. The van der Waals surface area contributed by atoms with Crippen LogP contribution in [0.2, 0.25) is 0 Å². The molecule has 0 aliphatic heterocycles. The molecule has 76 valence electrons. The number of nitrogens with zero attached hydrogens (tertiary/aromatic N) is 1. The van der Waals surface area contributed by atoms with Crippen molar-refractivity contribution in [3.63, 3.8) is 0 Å². The molecule has 0 spiro atoms. The summed E-state index contributed by atoms with van der Waals surface area (Å²) in [5, 5.41) is 5.01. The fourth-order valence-corrected chi connectivity index (χ4v) is 2.37. The summed E-state index contributed by atoms with van der Waals surface area (Å²) in [6.07, 6.45) is 4.17. The van der Waals surface area contributed by atoms with E-state index in [4.69, 9.17) is 0 Å². The molecule has 16 heavy (non-hydrogen) atoms. The van der Waals surface area contributed by atoms with Crippen LogP contribution in [0.1, 0.15) is 17.2 Å². The Labute approximate surface area is 99.1 Å². The third-order valence-electron chi connectivity index (χ3n) is 2.94. The molecule has 1 aliphatic rings. The Bertz CT molecular complexity index is 631. The molecule has 1 nitrogen and oxygen atoms in total. The summed E-state index contributed by atoms with van der Waals surface area (Å²) in [5.41, 5.74) is 2.47. The topological polar surface area (TPSA) is 12.4 Å². The molecule has 1 aliphatic carbocycles. The van der Waals surface area contributed by atoms with Gasteiger partial charge in [0.15, 0.2) is 0 Å². The van der Waals surface area contributed by atoms with E-state index < -0.39 is 0 Å². The first-order chi connectivity index (χ1) is 7.90. The van der Waals surface area contributed by atoms with Gasteiger partial charge in [0.05, 0.1) is 5.16 Å². The lowest BCUT2D eigenvalue weighted by Crippen LogP contribution is -1.98. The quantitative estimate of drug-likeness (QED) is 0.525. The molecule has 0 saturated heterocycles. The number of thiocarbonyl (C=S) groups is 1. The lowest BCUT2D eigenvalue weighted by Gasteiger charge is -2.17. The minimum absolute atomic E-state index is 0.0242. The van der Waals surface area contributed by atoms with Crippen LogP contribution in [0.25, 0.3) is 16.8 Å². The van der Waals surface area contributed by atoms with Crippen LogP contribution in [0.15, 0.2) is 47.5 Å². The summed E-state index contributed by atoms with van der Waals surface area (Å²) >= 11 is 4.69. The summed E-state index contributed by atoms with van der Waals surface area (Å²) in [4.78, 5) is 4.19. The molecule has 0 fully saturated rings. The van der Waals surface area contributed by atoms with Gasteiger partial charge in [-0.1, -0.05) is 48.6 Å². The second kappa shape index (κ2) is 3.67. The van der Waals surface area contributed by atoms with Crippen LogP contribution >= 0.6 is 12.2 Å². The first kappa shape index (κ1) is 9.46. The smallest absolute Gasteiger partial charge is 0.104 e. The zero-order chi connectivity index (χ0) is 11.0. The Morgan fingerprint density at radius 1 is 1.12 bits per heavy atom. The van der Waals surface area contributed by atoms with Crippen molar-refractivity contribution in [3.8, 4) is 0 Å². The Kier molecular flexibility index (Phi) is 2.17. The molecular formula is C14H9NS. The van der Waals surface area contributed by atoms with Gasteiger partial charge in [-0.3, -0.25) is 0 Å². The van der Waals surface area contributed by atoms with E-state index in [0.29, 0.717) is 0 Å². The Balaban J connectivity index is 2.40. The van der Waals surface area contributed by atoms with Crippen molar-refractivity contribution in [3.05, 3.63) is 53.6 Å². The van der Waals surface area contributed by atoms with Gasteiger partial charge >= 0.3 is 0 Å². The molecule has 2 aromatic carbocycles. The molecule has 3 rings (SSSR count). The highest BCUT2D eigenvalue weighted by Gasteiger charge is 2.15. The van der Waals surface area contributed by atoms with E-state index in [0.717, 1.165) is 0 Å². The van der Waals surface area contributed by atoms with Gasteiger partial charge in [0.2, 0.25) is 0 Å². The first-order valence-electron chi connectivity index (χ1n) is 5.17. The van der Waals surface area contributed by atoms with Crippen LogP contribution in [0.4, 0.5) is 0 Å². The number of benzene rings is 2. The van der Waals surface area contributed by atoms with Crippen LogP contribution < -0.4 is 0 Å². The van der Waals surface area contributed by atoms with Crippen molar-refractivity contribution in [2.24, 2.45) is 4.99 Å². The van der Waals surface area contributed by atoms with Gasteiger partial charge < -0.3 is 0 Å². The maximum atomic E-state index is 4.69. The van der Waals surface area contributed by atoms with E-state index >= 15 is 0 Å². The molecule has 2 aromatic rings. The second-order valence-corrected chi connectivity index (χ2v) is 4.00. The molecule has 1 atom stereocenters. The minimum atomic E-state index is 0.0242. The number of rotatable bonds is 1. The van der Waals surface area contributed by atoms with Crippen molar-refractivity contribution in [1.29, 1.82) is 0 Å². The fraction of sp³-hybridized carbons (Fsp3) is 0.0714. The second-order valence-electron chi connectivity index (χ2n) is 3.82. The molecule has 0 heterocycles. The van der Waals surface area contributed by atoms with Gasteiger partial charge in [0.25, 0.3) is 0 Å². The van der Waals surface area contributed by atoms with Crippen molar-refractivity contribution in [1.82, 2.24) is 0 Å². The average Bonchev–Trinajstić information content (AvgIpc) is 2.33. The van der Waals surface area contributed by atoms with Gasteiger partial charge in [0, 0.05) is 0 Å². The van der Waals surface area contributed by atoms with E-state index in [9.17, 15) is 0 Å². The van der Waals surface area contributed by atoms with E-state index in [1.165, 1.54) is 21.9 Å². The summed E-state index contributed by atoms with van der Waals surface area (Å²) in [6.45, 7) is 0. The summed E-state index contributed by atoms with van der Waals surface area (Å²) in [5.74, 6) is 0. The Hall–Kier alpha value is -1.76. The maximum absolute atomic E-state index is 4.69. The van der Waals surface area contributed by atoms with Crippen LogP contribution in [-0.4, -0.2) is 5.16 Å². The van der Waals surface area contributed by atoms with E-state index in [1.807, 2.05) is 0 Å². The lowest BCUT2D eigenvalue weighted by atomic mass is 9.90. The van der Waals surface area contributed by atoms with Gasteiger partial charge in [0.1, 0.15) is 6.04 Å². The predicted molar refractivity (Wildman–Crippen MR) is 70.7 cm³/mol. The molecule has 1 unspecified atom stereocenters. The molecule has 0 N–H and O–H groups in total. The number of hydrogen-bond donors (Lipinski definition) is 0.